The fraction of sp³-hybridized carbons (Fsp3) is 0.391. The first-order chi connectivity index (χ1) is 14.9. The Morgan fingerprint density at radius 2 is 2.00 bits per heavy atom. The van der Waals surface area contributed by atoms with Crippen LogP contribution in [0.2, 0.25) is 0 Å². The summed E-state index contributed by atoms with van der Waals surface area (Å²) in [5.74, 6) is 0.364. The molecule has 6 nitrogen and oxygen atoms in total. The summed E-state index contributed by atoms with van der Waals surface area (Å²) >= 11 is 1.56. The Morgan fingerprint density at radius 1 is 1.23 bits per heavy atom. The van der Waals surface area contributed by atoms with Crippen LogP contribution in [0.1, 0.15) is 41.7 Å². The number of hydrogen-bond donors (Lipinski definition) is 0. The molecule has 3 aromatic rings. The van der Waals surface area contributed by atoms with Crippen molar-refractivity contribution in [3.05, 3.63) is 58.1 Å². The topological polar surface area (TPSA) is 62.2 Å². The van der Waals surface area contributed by atoms with Crippen LogP contribution in [0.4, 0.5) is 10.3 Å². The van der Waals surface area contributed by atoms with Crippen LogP contribution in [-0.4, -0.2) is 46.4 Å². The molecule has 8 heteroatoms. The maximum absolute atomic E-state index is 13.5. The van der Waals surface area contributed by atoms with E-state index in [9.17, 15) is 9.18 Å². The maximum atomic E-state index is 13.5. The lowest BCUT2D eigenvalue weighted by molar-refractivity contribution is -0.134. The first-order valence-corrected chi connectivity index (χ1v) is 11.3. The highest BCUT2D eigenvalue weighted by atomic mass is 32.1. The third-order valence-corrected chi connectivity index (χ3v) is 6.32. The molecule has 2 aromatic heterocycles. The van der Waals surface area contributed by atoms with Crippen molar-refractivity contribution in [3.8, 4) is 11.1 Å². The van der Waals surface area contributed by atoms with E-state index in [0.717, 1.165) is 46.8 Å². The molecule has 0 radical (unpaired) electrons. The van der Waals surface area contributed by atoms with Crippen LogP contribution in [0.25, 0.3) is 11.1 Å². The van der Waals surface area contributed by atoms with Crippen molar-refractivity contribution in [1.82, 2.24) is 19.9 Å². The molecule has 1 unspecified atom stereocenters. The highest BCUT2D eigenvalue weighted by Gasteiger charge is 2.32. The van der Waals surface area contributed by atoms with Gasteiger partial charge in [0.1, 0.15) is 5.82 Å². The second-order valence-corrected chi connectivity index (χ2v) is 9.07. The second kappa shape index (κ2) is 9.09. The number of thiazole rings is 1. The fourth-order valence-corrected chi connectivity index (χ4v) is 4.58. The summed E-state index contributed by atoms with van der Waals surface area (Å²) in [5.41, 5.74) is 3.30. The monoisotopic (exact) mass is 439 g/mol. The Morgan fingerprint density at radius 3 is 2.68 bits per heavy atom. The molecule has 0 saturated carbocycles. The lowest BCUT2D eigenvalue weighted by Crippen LogP contribution is -2.40. The van der Waals surface area contributed by atoms with Gasteiger partial charge in [0.05, 0.1) is 28.9 Å². The molecule has 0 bridgehead atoms. The smallest absolute Gasteiger partial charge is 0.229 e. The van der Waals surface area contributed by atoms with Crippen LogP contribution >= 0.6 is 11.3 Å². The Labute approximate surface area is 185 Å². The molecular weight excluding hydrogens is 413 g/mol. The van der Waals surface area contributed by atoms with Gasteiger partial charge in [0.15, 0.2) is 0 Å². The number of aromatic nitrogens is 3. The number of piperidine rings is 1. The number of nitrogens with zero attached hydrogens (tertiary/aromatic N) is 5. The van der Waals surface area contributed by atoms with Gasteiger partial charge in [-0.2, -0.15) is 0 Å². The molecule has 1 aromatic carbocycles. The number of benzene rings is 1. The van der Waals surface area contributed by atoms with E-state index in [-0.39, 0.29) is 17.8 Å². The molecule has 1 fully saturated rings. The average molecular weight is 440 g/mol. The van der Waals surface area contributed by atoms with E-state index in [0.29, 0.717) is 18.9 Å². The molecule has 0 N–H and O–H groups in total. The average Bonchev–Trinajstić information content (AvgIpc) is 3.18. The number of anilines is 1. The Balaban J connectivity index is 1.72. The van der Waals surface area contributed by atoms with Crippen molar-refractivity contribution in [2.75, 3.05) is 25.5 Å². The molecule has 162 valence electrons. The van der Waals surface area contributed by atoms with Crippen molar-refractivity contribution >= 4 is 23.2 Å². The number of hydrogen-bond acceptors (Lipinski definition) is 6. The van der Waals surface area contributed by atoms with Crippen LogP contribution in [0, 0.1) is 12.7 Å². The first kappa shape index (κ1) is 21.4. The molecular formula is C23H26FN5OS. The second-order valence-electron chi connectivity index (χ2n) is 8.00. The van der Waals surface area contributed by atoms with E-state index >= 15 is 0 Å². The van der Waals surface area contributed by atoms with Crippen molar-refractivity contribution < 1.29 is 9.18 Å². The lowest BCUT2D eigenvalue weighted by Gasteiger charge is -2.36. The number of aryl methyl sites for hydroxylation is 1. The quantitative estimate of drug-likeness (QED) is 0.589. The van der Waals surface area contributed by atoms with Crippen LogP contribution in [0.3, 0.4) is 0 Å². The predicted octanol–water partition coefficient (Wildman–Crippen LogP) is 4.41. The zero-order chi connectivity index (χ0) is 22.0. The minimum atomic E-state index is -0.288. The van der Waals surface area contributed by atoms with Crippen molar-refractivity contribution in [1.29, 1.82) is 0 Å². The van der Waals surface area contributed by atoms with Gasteiger partial charge < -0.3 is 9.80 Å². The van der Waals surface area contributed by atoms with E-state index in [2.05, 4.69) is 9.97 Å². The third kappa shape index (κ3) is 4.74. The number of carbonyl (C=O) groups is 1. The summed E-state index contributed by atoms with van der Waals surface area (Å²) in [7, 11) is 3.79. The van der Waals surface area contributed by atoms with E-state index < -0.39 is 0 Å². The van der Waals surface area contributed by atoms with Gasteiger partial charge in [-0.1, -0.05) is 12.1 Å². The van der Waals surface area contributed by atoms with Crippen molar-refractivity contribution in [3.63, 3.8) is 0 Å². The number of rotatable bonds is 5. The molecule has 1 saturated heterocycles. The zero-order valence-electron chi connectivity index (χ0n) is 18.0. The summed E-state index contributed by atoms with van der Waals surface area (Å²) in [4.78, 5) is 30.8. The predicted molar refractivity (Wildman–Crippen MR) is 121 cm³/mol. The Kier molecular flexibility index (Phi) is 6.27. The van der Waals surface area contributed by atoms with Crippen molar-refractivity contribution in [2.24, 2.45) is 0 Å². The number of halogens is 1. The molecule has 1 amide bonds. The summed E-state index contributed by atoms with van der Waals surface area (Å²) in [6.45, 7) is 2.64. The molecule has 1 atom stereocenters. The van der Waals surface area contributed by atoms with E-state index in [4.69, 9.17) is 4.98 Å². The maximum Gasteiger partial charge on any atom is 0.229 e. The Bertz CT molecular complexity index is 1070. The summed E-state index contributed by atoms with van der Waals surface area (Å²) in [6, 6.07) is 6.20. The van der Waals surface area contributed by atoms with Crippen molar-refractivity contribution in [2.45, 2.75) is 38.6 Å². The normalized spacial score (nSPS) is 16.4. The molecule has 3 heterocycles. The lowest BCUT2D eigenvalue weighted by atomic mass is 9.93. The van der Waals surface area contributed by atoms with Gasteiger partial charge in [-0.25, -0.2) is 19.3 Å². The minimum absolute atomic E-state index is 0.0603. The van der Waals surface area contributed by atoms with Crippen LogP contribution in [0.5, 0.6) is 0 Å². The highest BCUT2D eigenvalue weighted by Crippen LogP contribution is 2.36. The van der Waals surface area contributed by atoms with Gasteiger partial charge in [-0.05, 0) is 43.9 Å². The molecule has 0 spiro atoms. The third-order valence-electron chi connectivity index (χ3n) is 5.50. The summed E-state index contributed by atoms with van der Waals surface area (Å²) in [6.07, 6.45) is 4.90. The van der Waals surface area contributed by atoms with Gasteiger partial charge in [-0.15, -0.1) is 11.3 Å². The standard InChI is InChI=1S/C23H26FN5OS/c1-15-26-18(14-31-15)12-21(30)29-11-5-4-6-20(29)22-19(13-25-23(27-22)28(2)3)16-7-9-17(24)10-8-16/h7-10,13-14,20H,4-6,11-12H2,1-3H3. The minimum Gasteiger partial charge on any atom is -0.347 e. The van der Waals surface area contributed by atoms with E-state index in [1.807, 2.05) is 36.2 Å². The molecule has 31 heavy (non-hydrogen) atoms. The Hall–Kier alpha value is -2.87. The largest absolute Gasteiger partial charge is 0.347 e. The van der Waals surface area contributed by atoms with Crippen LogP contribution in [-0.2, 0) is 11.2 Å². The summed E-state index contributed by atoms with van der Waals surface area (Å²) < 4.78 is 13.5. The van der Waals surface area contributed by atoms with Gasteiger partial charge in [-0.3, -0.25) is 4.79 Å². The van der Waals surface area contributed by atoms with E-state index in [1.54, 1.807) is 29.7 Å². The fourth-order valence-electron chi connectivity index (χ4n) is 3.97. The van der Waals surface area contributed by atoms with Gasteiger partial charge in [0.2, 0.25) is 11.9 Å². The number of carbonyl (C=O) groups excluding carboxylic acids is 1. The number of likely N-dealkylation sites (tertiary alicyclic amines) is 1. The van der Waals surface area contributed by atoms with E-state index in [1.165, 1.54) is 12.1 Å². The molecule has 1 aliphatic rings. The molecule has 1 aliphatic heterocycles. The van der Waals surface area contributed by atoms with Gasteiger partial charge in [0, 0.05) is 37.8 Å². The van der Waals surface area contributed by atoms with Crippen LogP contribution < -0.4 is 4.90 Å². The van der Waals surface area contributed by atoms with Crippen LogP contribution in [0.15, 0.2) is 35.8 Å². The molecule has 0 aliphatic carbocycles. The number of amides is 1. The van der Waals surface area contributed by atoms with Gasteiger partial charge in [0.25, 0.3) is 0 Å². The van der Waals surface area contributed by atoms with Gasteiger partial charge >= 0.3 is 0 Å². The SMILES string of the molecule is Cc1nc(CC(=O)N2CCCCC2c2nc(N(C)C)ncc2-c2ccc(F)cc2)cs1. The molecule has 4 rings (SSSR count). The zero-order valence-corrected chi connectivity index (χ0v) is 18.8. The highest BCUT2D eigenvalue weighted by molar-refractivity contribution is 7.09. The first-order valence-electron chi connectivity index (χ1n) is 10.4. The summed E-state index contributed by atoms with van der Waals surface area (Å²) in [5, 5.41) is 2.91.